The van der Waals surface area contributed by atoms with Gasteiger partial charge in [0.2, 0.25) is 5.28 Å². The number of fused-ring (bicyclic) bond motifs is 1. The van der Waals surface area contributed by atoms with E-state index in [0.717, 1.165) is 22.3 Å². The zero-order chi connectivity index (χ0) is 14.1. The molecule has 3 aromatic rings. The summed E-state index contributed by atoms with van der Waals surface area (Å²) in [7, 11) is 3.90. The Morgan fingerprint density at radius 1 is 0.900 bits per heavy atom. The van der Waals surface area contributed by atoms with Crippen LogP contribution >= 0.6 is 11.6 Å². The molecule has 4 heteroatoms. The number of halogens is 1. The summed E-state index contributed by atoms with van der Waals surface area (Å²) in [6, 6.07) is 16.4. The molecule has 0 aliphatic carbocycles. The number of aromatic nitrogens is 2. The summed E-state index contributed by atoms with van der Waals surface area (Å²) in [5, 5.41) is 1.27. The van der Waals surface area contributed by atoms with Crippen LogP contribution in [0.15, 0.2) is 48.5 Å². The third kappa shape index (κ3) is 2.32. The molecule has 0 unspecified atom stereocenters. The van der Waals surface area contributed by atoms with Crippen LogP contribution in [0.4, 0.5) is 5.82 Å². The number of hydrogen-bond acceptors (Lipinski definition) is 3. The number of benzene rings is 2. The van der Waals surface area contributed by atoms with Gasteiger partial charge in [0.15, 0.2) is 0 Å². The lowest BCUT2D eigenvalue weighted by Gasteiger charge is -2.14. The van der Waals surface area contributed by atoms with E-state index in [1.54, 1.807) is 0 Å². The fraction of sp³-hybridized carbons (Fsp3) is 0.125. The van der Waals surface area contributed by atoms with Crippen molar-refractivity contribution in [2.75, 3.05) is 19.0 Å². The SMILES string of the molecule is CN(C)c1nc(Cl)nc2ccc(-c3ccccc3)cc12. The highest BCUT2D eigenvalue weighted by atomic mass is 35.5. The summed E-state index contributed by atoms with van der Waals surface area (Å²) < 4.78 is 0. The van der Waals surface area contributed by atoms with Gasteiger partial charge in [-0.25, -0.2) is 4.98 Å². The summed E-state index contributed by atoms with van der Waals surface area (Å²) in [6.45, 7) is 0. The number of anilines is 1. The fourth-order valence-corrected chi connectivity index (χ4v) is 2.41. The lowest BCUT2D eigenvalue weighted by Crippen LogP contribution is -2.11. The van der Waals surface area contributed by atoms with E-state index >= 15 is 0 Å². The minimum absolute atomic E-state index is 0.272. The topological polar surface area (TPSA) is 29.0 Å². The second-order valence-corrected chi connectivity index (χ2v) is 5.15. The molecule has 3 rings (SSSR count). The van der Waals surface area contributed by atoms with Crippen LogP contribution in [0.5, 0.6) is 0 Å². The Kier molecular flexibility index (Phi) is 3.28. The van der Waals surface area contributed by atoms with Gasteiger partial charge in [-0.3, -0.25) is 0 Å². The third-order valence-corrected chi connectivity index (χ3v) is 3.35. The van der Waals surface area contributed by atoms with Gasteiger partial charge in [0.1, 0.15) is 5.82 Å². The third-order valence-electron chi connectivity index (χ3n) is 3.18. The van der Waals surface area contributed by atoms with E-state index < -0.39 is 0 Å². The normalized spacial score (nSPS) is 10.8. The average molecular weight is 284 g/mol. The van der Waals surface area contributed by atoms with Crippen LogP contribution in [0.2, 0.25) is 5.28 Å². The molecule has 1 aromatic heterocycles. The molecule has 0 spiro atoms. The van der Waals surface area contributed by atoms with Gasteiger partial charge in [-0.1, -0.05) is 36.4 Å². The minimum atomic E-state index is 0.272. The van der Waals surface area contributed by atoms with Crippen LogP contribution in [-0.4, -0.2) is 24.1 Å². The van der Waals surface area contributed by atoms with Crippen molar-refractivity contribution in [1.82, 2.24) is 9.97 Å². The minimum Gasteiger partial charge on any atom is -0.362 e. The van der Waals surface area contributed by atoms with Crippen molar-refractivity contribution in [3.63, 3.8) is 0 Å². The average Bonchev–Trinajstić information content (AvgIpc) is 2.46. The maximum atomic E-state index is 5.98. The van der Waals surface area contributed by atoms with E-state index in [1.165, 1.54) is 5.56 Å². The first-order valence-electron chi connectivity index (χ1n) is 6.35. The Balaban J connectivity index is 2.25. The molecular weight excluding hydrogens is 270 g/mol. The van der Waals surface area contributed by atoms with E-state index in [2.05, 4.69) is 34.2 Å². The van der Waals surface area contributed by atoms with Gasteiger partial charge in [0.25, 0.3) is 0 Å². The zero-order valence-corrected chi connectivity index (χ0v) is 12.1. The lowest BCUT2D eigenvalue weighted by molar-refractivity contribution is 1.06. The quantitative estimate of drug-likeness (QED) is 0.665. The predicted octanol–water partition coefficient (Wildman–Crippen LogP) is 4.02. The first-order chi connectivity index (χ1) is 9.65. The molecule has 0 saturated carbocycles. The molecule has 100 valence electrons. The second-order valence-electron chi connectivity index (χ2n) is 4.81. The van der Waals surface area contributed by atoms with Crippen LogP contribution < -0.4 is 4.90 Å². The van der Waals surface area contributed by atoms with E-state index in [-0.39, 0.29) is 5.28 Å². The Hall–Kier alpha value is -2.13. The van der Waals surface area contributed by atoms with Crippen molar-refractivity contribution < 1.29 is 0 Å². The van der Waals surface area contributed by atoms with Gasteiger partial charge in [-0.2, -0.15) is 4.98 Å². The largest absolute Gasteiger partial charge is 0.362 e. The standard InChI is InChI=1S/C16H14ClN3/c1-20(2)15-13-10-12(11-6-4-3-5-7-11)8-9-14(13)18-16(17)19-15/h3-10H,1-2H3. The Labute approximate surface area is 122 Å². The van der Waals surface area contributed by atoms with Gasteiger partial charge >= 0.3 is 0 Å². The van der Waals surface area contributed by atoms with Crippen LogP contribution in [0.1, 0.15) is 0 Å². The maximum absolute atomic E-state index is 5.98. The molecule has 0 aliphatic rings. The number of nitrogens with zero attached hydrogens (tertiary/aromatic N) is 3. The molecule has 0 saturated heterocycles. The first kappa shape index (κ1) is 12.9. The molecule has 0 N–H and O–H groups in total. The van der Waals surface area contributed by atoms with E-state index in [0.29, 0.717) is 0 Å². The molecule has 0 amide bonds. The van der Waals surface area contributed by atoms with Crippen LogP contribution in [0.25, 0.3) is 22.0 Å². The molecule has 0 bridgehead atoms. The highest BCUT2D eigenvalue weighted by Gasteiger charge is 2.09. The van der Waals surface area contributed by atoms with Crippen molar-refractivity contribution >= 4 is 28.3 Å². The van der Waals surface area contributed by atoms with Gasteiger partial charge in [-0.05, 0) is 34.9 Å². The summed E-state index contributed by atoms with van der Waals surface area (Å²) in [5.74, 6) is 0.831. The molecule has 0 radical (unpaired) electrons. The monoisotopic (exact) mass is 283 g/mol. The summed E-state index contributed by atoms with van der Waals surface area (Å²) in [6.07, 6.45) is 0. The van der Waals surface area contributed by atoms with Crippen molar-refractivity contribution in [3.8, 4) is 11.1 Å². The fourth-order valence-electron chi connectivity index (χ4n) is 2.24. The molecule has 3 nitrogen and oxygen atoms in total. The van der Waals surface area contributed by atoms with Crippen LogP contribution in [0.3, 0.4) is 0 Å². The molecule has 2 aromatic carbocycles. The Morgan fingerprint density at radius 2 is 1.65 bits per heavy atom. The molecule has 0 aliphatic heterocycles. The summed E-state index contributed by atoms with van der Waals surface area (Å²) in [5.41, 5.74) is 3.18. The zero-order valence-electron chi connectivity index (χ0n) is 11.3. The van der Waals surface area contributed by atoms with Gasteiger partial charge in [0.05, 0.1) is 5.52 Å². The number of hydrogen-bond donors (Lipinski definition) is 0. The Bertz CT molecular complexity index is 754. The van der Waals surface area contributed by atoms with Gasteiger partial charge in [-0.15, -0.1) is 0 Å². The Morgan fingerprint density at radius 3 is 2.35 bits per heavy atom. The van der Waals surface area contributed by atoms with Crippen LogP contribution in [0, 0.1) is 0 Å². The van der Waals surface area contributed by atoms with E-state index in [1.807, 2.05) is 43.3 Å². The van der Waals surface area contributed by atoms with Crippen molar-refractivity contribution in [2.45, 2.75) is 0 Å². The second kappa shape index (κ2) is 5.10. The molecule has 0 atom stereocenters. The van der Waals surface area contributed by atoms with Crippen LogP contribution in [-0.2, 0) is 0 Å². The lowest BCUT2D eigenvalue weighted by atomic mass is 10.0. The molecular formula is C16H14ClN3. The van der Waals surface area contributed by atoms with Crippen molar-refractivity contribution in [3.05, 3.63) is 53.8 Å². The predicted molar refractivity (Wildman–Crippen MR) is 84.3 cm³/mol. The van der Waals surface area contributed by atoms with Crippen molar-refractivity contribution in [2.24, 2.45) is 0 Å². The molecule has 1 heterocycles. The number of rotatable bonds is 2. The first-order valence-corrected chi connectivity index (χ1v) is 6.73. The summed E-state index contributed by atoms with van der Waals surface area (Å²) >= 11 is 5.98. The van der Waals surface area contributed by atoms with Gasteiger partial charge in [0, 0.05) is 19.5 Å². The highest BCUT2D eigenvalue weighted by Crippen LogP contribution is 2.29. The van der Waals surface area contributed by atoms with Crippen molar-refractivity contribution in [1.29, 1.82) is 0 Å². The molecule has 0 fully saturated rings. The van der Waals surface area contributed by atoms with E-state index in [9.17, 15) is 0 Å². The molecule has 20 heavy (non-hydrogen) atoms. The van der Waals surface area contributed by atoms with Gasteiger partial charge < -0.3 is 4.90 Å². The smallest absolute Gasteiger partial charge is 0.224 e. The van der Waals surface area contributed by atoms with E-state index in [4.69, 9.17) is 11.6 Å². The highest BCUT2D eigenvalue weighted by molar-refractivity contribution is 6.28. The maximum Gasteiger partial charge on any atom is 0.224 e. The summed E-state index contributed by atoms with van der Waals surface area (Å²) in [4.78, 5) is 10.5.